The SMILES string of the molecule is CC1CCC(O)C(N2CCCC(C)(C)CC2)C1. The third-order valence-corrected chi connectivity index (χ3v) is 4.89. The van der Waals surface area contributed by atoms with Gasteiger partial charge in [0.25, 0.3) is 0 Å². The third-order valence-electron chi connectivity index (χ3n) is 4.89. The van der Waals surface area contributed by atoms with E-state index in [2.05, 4.69) is 25.7 Å². The summed E-state index contributed by atoms with van der Waals surface area (Å²) < 4.78 is 0. The highest BCUT2D eigenvalue weighted by molar-refractivity contribution is 4.88. The van der Waals surface area contributed by atoms with E-state index in [-0.39, 0.29) is 6.10 Å². The summed E-state index contributed by atoms with van der Waals surface area (Å²) in [5, 5.41) is 10.2. The highest BCUT2D eigenvalue weighted by Gasteiger charge is 2.33. The molecule has 1 aliphatic carbocycles. The summed E-state index contributed by atoms with van der Waals surface area (Å²) in [5.74, 6) is 0.791. The van der Waals surface area contributed by atoms with Crippen molar-refractivity contribution in [1.29, 1.82) is 0 Å². The van der Waals surface area contributed by atoms with Crippen molar-refractivity contribution in [1.82, 2.24) is 4.90 Å². The predicted molar refractivity (Wildman–Crippen MR) is 72.0 cm³/mol. The fourth-order valence-corrected chi connectivity index (χ4v) is 3.50. The van der Waals surface area contributed by atoms with E-state index in [1.54, 1.807) is 0 Å². The predicted octanol–water partition coefficient (Wildman–Crippen LogP) is 3.05. The minimum Gasteiger partial charge on any atom is -0.391 e. The molecule has 2 heteroatoms. The molecule has 2 nitrogen and oxygen atoms in total. The zero-order valence-electron chi connectivity index (χ0n) is 11.8. The third kappa shape index (κ3) is 3.45. The molecule has 2 fully saturated rings. The van der Waals surface area contributed by atoms with Crippen LogP contribution in [-0.4, -0.2) is 35.2 Å². The number of hydrogen-bond acceptors (Lipinski definition) is 2. The average Bonchev–Trinajstić information content (AvgIpc) is 2.43. The zero-order chi connectivity index (χ0) is 12.5. The van der Waals surface area contributed by atoms with Gasteiger partial charge in [-0.25, -0.2) is 0 Å². The molecule has 0 radical (unpaired) electrons. The van der Waals surface area contributed by atoms with Gasteiger partial charge in [-0.15, -0.1) is 0 Å². The van der Waals surface area contributed by atoms with Crippen molar-refractivity contribution in [2.24, 2.45) is 11.3 Å². The first-order chi connectivity index (χ1) is 7.98. The maximum atomic E-state index is 10.2. The summed E-state index contributed by atoms with van der Waals surface area (Å²) in [4.78, 5) is 2.58. The maximum Gasteiger partial charge on any atom is 0.0695 e. The van der Waals surface area contributed by atoms with Crippen LogP contribution >= 0.6 is 0 Å². The van der Waals surface area contributed by atoms with Crippen molar-refractivity contribution in [2.45, 2.75) is 71.4 Å². The molecule has 1 saturated carbocycles. The quantitative estimate of drug-likeness (QED) is 0.760. The fraction of sp³-hybridized carbons (Fsp3) is 1.00. The summed E-state index contributed by atoms with van der Waals surface area (Å²) in [6, 6.07) is 0.438. The number of aliphatic hydroxyl groups is 1. The largest absolute Gasteiger partial charge is 0.391 e. The Morgan fingerprint density at radius 3 is 2.65 bits per heavy atom. The summed E-state index contributed by atoms with van der Waals surface area (Å²) in [7, 11) is 0. The van der Waals surface area contributed by atoms with E-state index in [4.69, 9.17) is 0 Å². The lowest BCUT2D eigenvalue weighted by atomic mass is 9.83. The Morgan fingerprint density at radius 2 is 1.88 bits per heavy atom. The molecule has 1 saturated heterocycles. The molecule has 1 heterocycles. The van der Waals surface area contributed by atoms with Crippen LogP contribution in [0.3, 0.4) is 0 Å². The molecule has 100 valence electrons. The minimum absolute atomic E-state index is 0.0765. The van der Waals surface area contributed by atoms with E-state index < -0.39 is 0 Å². The van der Waals surface area contributed by atoms with Gasteiger partial charge >= 0.3 is 0 Å². The number of hydrogen-bond donors (Lipinski definition) is 1. The second-order valence-electron chi connectivity index (χ2n) is 7.11. The van der Waals surface area contributed by atoms with E-state index in [0.29, 0.717) is 11.5 Å². The van der Waals surface area contributed by atoms with Crippen molar-refractivity contribution in [3.05, 3.63) is 0 Å². The van der Waals surface area contributed by atoms with Crippen LogP contribution in [0.1, 0.15) is 59.3 Å². The van der Waals surface area contributed by atoms with Crippen LogP contribution in [0.15, 0.2) is 0 Å². The monoisotopic (exact) mass is 239 g/mol. The molecular formula is C15H29NO. The molecule has 1 aliphatic heterocycles. The lowest BCUT2D eigenvalue weighted by Crippen LogP contribution is -2.47. The van der Waals surface area contributed by atoms with Gasteiger partial charge in [0.05, 0.1) is 6.10 Å². The summed E-state index contributed by atoms with van der Waals surface area (Å²) in [6.45, 7) is 9.48. The Labute approximate surface area is 106 Å². The van der Waals surface area contributed by atoms with E-state index >= 15 is 0 Å². The Kier molecular flexibility index (Phi) is 4.14. The first-order valence-corrected chi connectivity index (χ1v) is 7.40. The number of likely N-dealkylation sites (tertiary alicyclic amines) is 1. The van der Waals surface area contributed by atoms with Crippen molar-refractivity contribution in [3.8, 4) is 0 Å². The van der Waals surface area contributed by atoms with E-state index in [1.165, 1.54) is 45.2 Å². The lowest BCUT2D eigenvalue weighted by Gasteiger charge is -2.39. The van der Waals surface area contributed by atoms with Crippen LogP contribution in [0.25, 0.3) is 0 Å². The van der Waals surface area contributed by atoms with Gasteiger partial charge in [-0.05, 0) is 62.9 Å². The molecule has 2 rings (SSSR count). The van der Waals surface area contributed by atoms with Crippen molar-refractivity contribution in [3.63, 3.8) is 0 Å². The molecule has 0 aromatic heterocycles. The normalized spacial score (nSPS) is 39.9. The Bertz CT molecular complexity index is 251. The molecule has 3 unspecified atom stereocenters. The maximum absolute atomic E-state index is 10.2. The van der Waals surface area contributed by atoms with Gasteiger partial charge in [-0.3, -0.25) is 4.90 Å². The first-order valence-electron chi connectivity index (χ1n) is 7.40. The molecule has 1 N–H and O–H groups in total. The summed E-state index contributed by atoms with van der Waals surface area (Å²) in [6.07, 6.45) is 7.24. The lowest BCUT2D eigenvalue weighted by molar-refractivity contribution is 0.00604. The van der Waals surface area contributed by atoms with Crippen LogP contribution < -0.4 is 0 Å². The standard InChI is InChI=1S/C15H29NO/c1-12-5-6-14(17)13(11-12)16-9-4-7-15(2,3)8-10-16/h12-14,17H,4-11H2,1-3H3. The van der Waals surface area contributed by atoms with Crippen LogP contribution in [0.4, 0.5) is 0 Å². The van der Waals surface area contributed by atoms with E-state index in [1.807, 2.05) is 0 Å². The Balaban J connectivity index is 1.96. The number of nitrogens with zero attached hydrogens (tertiary/aromatic N) is 1. The average molecular weight is 239 g/mol. The van der Waals surface area contributed by atoms with E-state index in [9.17, 15) is 5.11 Å². The second-order valence-corrected chi connectivity index (χ2v) is 7.11. The molecule has 0 aromatic carbocycles. The highest BCUT2D eigenvalue weighted by Crippen LogP contribution is 2.34. The van der Waals surface area contributed by atoms with Gasteiger partial charge in [0.1, 0.15) is 0 Å². The minimum atomic E-state index is -0.0765. The van der Waals surface area contributed by atoms with Gasteiger partial charge in [0.15, 0.2) is 0 Å². The number of aliphatic hydroxyl groups excluding tert-OH is 1. The highest BCUT2D eigenvalue weighted by atomic mass is 16.3. The molecule has 0 aromatic rings. The van der Waals surface area contributed by atoms with Crippen molar-refractivity contribution >= 4 is 0 Å². The van der Waals surface area contributed by atoms with Gasteiger partial charge < -0.3 is 5.11 Å². The Hall–Kier alpha value is -0.0800. The smallest absolute Gasteiger partial charge is 0.0695 e. The topological polar surface area (TPSA) is 23.5 Å². The molecule has 3 atom stereocenters. The summed E-state index contributed by atoms with van der Waals surface area (Å²) >= 11 is 0. The van der Waals surface area contributed by atoms with Crippen molar-refractivity contribution < 1.29 is 5.11 Å². The summed E-state index contributed by atoms with van der Waals surface area (Å²) in [5.41, 5.74) is 0.500. The Morgan fingerprint density at radius 1 is 1.12 bits per heavy atom. The molecule has 0 amide bonds. The van der Waals surface area contributed by atoms with Crippen LogP contribution in [-0.2, 0) is 0 Å². The fourth-order valence-electron chi connectivity index (χ4n) is 3.50. The molecule has 17 heavy (non-hydrogen) atoms. The molecule has 0 bridgehead atoms. The van der Waals surface area contributed by atoms with E-state index in [0.717, 1.165) is 12.3 Å². The van der Waals surface area contributed by atoms with Crippen molar-refractivity contribution in [2.75, 3.05) is 13.1 Å². The molecule has 0 spiro atoms. The van der Waals surface area contributed by atoms with Gasteiger partial charge in [-0.2, -0.15) is 0 Å². The molecule has 2 aliphatic rings. The van der Waals surface area contributed by atoms with Gasteiger partial charge in [0, 0.05) is 6.04 Å². The van der Waals surface area contributed by atoms with Crippen LogP contribution in [0.5, 0.6) is 0 Å². The molecular weight excluding hydrogens is 210 g/mol. The van der Waals surface area contributed by atoms with Crippen LogP contribution in [0, 0.1) is 11.3 Å². The van der Waals surface area contributed by atoms with Crippen LogP contribution in [0.2, 0.25) is 0 Å². The zero-order valence-corrected chi connectivity index (χ0v) is 11.8. The second kappa shape index (κ2) is 5.27. The van der Waals surface area contributed by atoms with Gasteiger partial charge in [0.2, 0.25) is 0 Å². The first kappa shape index (κ1) is 13.4. The number of rotatable bonds is 1. The van der Waals surface area contributed by atoms with Gasteiger partial charge in [-0.1, -0.05) is 20.8 Å².